The van der Waals surface area contributed by atoms with E-state index in [1.54, 1.807) is 48.5 Å². The van der Waals surface area contributed by atoms with Crippen molar-refractivity contribution in [3.63, 3.8) is 0 Å². The van der Waals surface area contributed by atoms with Crippen LogP contribution in [-0.4, -0.2) is 31.5 Å². The average molecular weight is 482 g/mol. The van der Waals surface area contributed by atoms with Gasteiger partial charge in [0.1, 0.15) is 0 Å². The van der Waals surface area contributed by atoms with Gasteiger partial charge in [0.25, 0.3) is 35.1 Å². The summed E-state index contributed by atoms with van der Waals surface area (Å²) >= 11 is 0. The Morgan fingerprint density at radius 3 is 1.42 bits per heavy atom. The minimum atomic E-state index is -1.10. The van der Waals surface area contributed by atoms with Crippen molar-refractivity contribution in [3.8, 4) is 23.6 Å². The van der Waals surface area contributed by atoms with E-state index in [0.29, 0.717) is 11.0 Å². The number of Topliss-reactive ketones (excluding diaryl/α,β-unsaturated/α-hetero) is 2. The van der Waals surface area contributed by atoms with Crippen molar-refractivity contribution in [1.82, 2.24) is 19.9 Å². The Morgan fingerprint density at radius 1 is 0.556 bits per heavy atom. The van der Waals surface area contributed by atoms with E-state index in [1.165, 1.54) is 0 Å². The van der Waals surface area contributed by atoms with Gasteiger partial charge in [0.15, 0.2) is 11.5 Å². The van der Waals surface area contributed by atoms with Crippen LogP contribution >= 0.6 is 0 Å². The Hall–Kier alpha value is -5.52. The number of aromatic nitrogens is 4. The molecule has 0 spiro atoms. The van der Waals surface area contributed by atoms with Gasteiger partial charge >= 0.3 is 11.3 Å². The number of carbonyl (C=O) groups is 2. The molecule has 0 aliphatic heterocycles. The third-order valence-electron chi connectivity index (χ3n) is 5.10. The molecule has 6 rings (SSSR count). The first kappa shape index (κ1) is 21.0. The monoisotopic (exact) mass is 482 g/mol. The summed E-state index contributed by atoms with van der Waals surface area (Å²) in [7, 11) is 0. The number of oxazole rings is 2. The van der Waals surface area contributed by atoms with Crippen LogP contribution in [0.15, 0.2) is 88.2 Å². The van der Waals surface area contributed by atoms with Crippen LogP contribution in [0.4, 0.5) is 0 Å². The van der Waals surface area contributed by atoms with Crippen molar-refractivity contribution in [2.24, 2.45) is 0 Å². The molecule has 0 aliphatic rings. The van der Waals surface area contributed by atoms with Crippen LogP contribution in [0.5, 0.6) is 0 Å². The predicted molar refractivity (Wildman–Crippen MR) is 120 cm³/mol. The molecule has 0 unspecified atom stereocenters. The van der Waals surface area contributed by atoms with Crippen LogP contribution in [-0.2, 0) is 0 Å². The molecular weight excluding hydrogens is 472 g/mol. The maximum absolute atomic E-state index is 12.7. The first-order valence-electron chi connectivity index (χ1n) is 10.3. The van der Waals surface area contributed by atoms with Crippen LogP contribution in [0.3, 0.4) is 0 Å². The Kier molecular flexibility index (Phi) is 4.71. The van der Waals surface area contributed by atoms with E-state index in [-0.39, 0.29) is 34.3 Å². The second kappa shape index (κ2) is 8.06. The second-order valence-electron chi connectivity index (χ2n) is 7.36. The Labute approximate surface area is 197 Å². The van der Waals surface area contributed by atoms with Gasteiger partial charge in [0.05, 0.1) is 34.2 Å². The number of carbonyl (C=O) groups excluding carboxylic acids is 2. The number of para-hydroxylation sites is 2. The van der Waals surface area contributed by atoms with Gasteiger partial charge in [-0.2, -0.15) is 0 Å². The first-order chi connectivity index (χ1) is 17.5. The molecule has 0 fully saturated rings. The number of ketones is 2. The molecule has 174 valence electrons. The summed E-state index contributed by atoms with van der Waals surface area (Å²) in [6.45, 7) is 0. The molecule has 4 aromatic heterocycles. The largest absolute Gasteiger partial charge is 0.429 e. The molecule has 0 saturated carbocycles. The summed E-state index contributed by atoms with van der Waals surface area (Å²) < 4.78 is 20.9. The lowest BCUT2D eigenvalue weighted by Crippen LogP contribution is -2.12. The fraction of sp³-hybridized carbons (Fsp3) is 0. The molecule has 0 N–H and O–H groups in total. The molecule has 0 amide bonds. The van der Waals surface area contributed by atoms with Gasteiger partial charge in [-0.15, -0.1) is 0 Å². The maximum atomic E-state index is 12.7. The summed E-state index contributed by atoms with van der Waals surface area (Å²) in [6, 6.07) is 13.0. The molecular formula is C24H10N4O8. The Morgan fingerprint density at radius 2 is 0.972 bits per heavy atom. The minimum Gasteiger partial charge on any atom is -0.429 e. The standard InChI is InChI=1S/C24H10N4O8/c29-17(15-9-25-19(33-15)21-27-13-7-3-1-5-11(13)23(31)35-21)18(30)16-10-26-20(34-16)22-28-14-8-4-2-6-12(14)24(32)36-22/h1-10H. The van der Waals surface area contributed by atoms with Crippen LogP contribution in [0.2, 0.25) is 0 Å². The minimum absolute atomic E-state index is 0.260. The molecule has 0 bridgehead atoms. The second-order valence-corrected chi connectivity index (χ2v) is 7.36. The van der Waals surface area contributed by atoms with Gasteiger partial charge in [-0.05, 0) is 24.3 Å². The highest BCUT2D eigenvalue weighted by Gasteiger charge is 2.28. The highest BCUT2D eigenvalue weighted by atomic mass is 16.4. The summed E-state index contributed by atoms with van der Waals surface area (Å²) in [4.78, 5) is 65.8. The SMILES string of the molecule is O=C(C(=O)c1cnc(-c2nc3ccccc3c(=O)o2)o1)c1cnc(-c2nc3ccccc3c(=O)o2)o1. The van der Waals surface area contributed by atoms with Crippen molar-refractivity contribution in [2.45, 2.75) is 0 Å². The van der Waals surface area contributed by atoms with E-state index in [9.17, 15) is 19.2 Å². The van der Waals surface area contributed by atoms with Gasteiger partial charge < -0.3 is 17.7 Å². The zero-order valence-electron chi connectivity index (χ0n) is 17.8. The van der Waals surface area contributed by atoms with Crippen molar-refractivity contribution in [1.29, 1.82) is 0 Å². The van der Waals surface area contributed by atoms with Crippen molar-refractivity contribution < 1.29 is 27.3 Å². The molecule has 0 saturated heterocycles. The zero-order chi connectivity index (χ0) is 24.8. The number of nitrogens with zero attached hydrogens (tertiary/aromatic N) is 4. The molecule has 4 heterocycles. The van der Waals surface area contributed by atoms with Crippen molar-refractivity contribution >= 4 is 33.4 Å². The molecule has 12 heteroatoms. The van der Waals surface area contributed by atoms with Gasteiger partial charge in [-0.1, -0.05) is 24.3 Å². The topological polar surface area (TPSA) is 172 Å². The Bertz CT molecular complexity index is 1800. The fourth-order valence-electron chi connectivity index (χ4n) is 3.40. The lowest BCUT2D eigenvalue weighted by Gasteiger charge is -1.98. The third-order valence-corrected chi connectivity index (χ3v) is 5.10. The molecule has 12 nitrogen and oxygen atoms in total. The zero-order valence-corrected chi connectivity index (χ0v) is 17.8. The molecule has 36 heavy (non-hydrogen) atoms. The summed E-state index contributed by atoms with van der Waals surface area (Å²) in [5.74, 6) is -4.15. The lowest BCUT2D eigenvalue weighted by molar-refractivity contribution is 0.0786. The van der Waals surface area contributed by atoms with Crippen LogP contribution in [0.25, 0.3) is 45.4 Å². The number of hydrogen-bond acceptors (Lipinski definition) is 12. The van der Waals surface area contributed by atoms with Gasteiger partial charge in [0, 0.05) is 0 Å². The quantitative estimate of drug-likeness (QED) is 0.260. The lowest BCUT2D eigenvalue weighted by atomic mass is 10.2. The van der Waals surface area contributed by atoms with Gasteiger partial charge in [-0.25, -0.2) is 29.5 Å². The summed E-state index contributed by atoms with van der Waals surface area (Å²) in [6.07, 6.45) is 1.99. The van der Waals surface area contributed by atoms with Crippen molar-refractivity contribution in [2.75, 3.05) is 0 Å². The smallest absolute Gasteiger partial charge is 0.347 e. The summed E-state index contributed by atoms with van der Waals surface area (Å²) in [5, 5.41) is 0.522. The van der Waals surface area contributed by atoms with Gasteiger partial charge in [-0.3, -0.25) is 9.59 Å². The van der Waals surface area contributed by atoms with E-state index in [0.717, 1.165) is 12.4 Å². The average Bonchev–Trinajstić information content (AvgIpc) is 3.59. The molecule has 0 atom stereocenters. The molecule has 6 aromatic rings. The number of rotatable bonds is 5. The first-order valence-corrected chi connectivity index (χ1v) is 10.3. The molecule has 0 radical (unpaired) electrons. The van der Waals surface area contributed by atoms with Gasteiger partial charge in [0.2, 0.25) is 0 Å². The normalized spacial score (nSPS) is 11.2. The van der Waals surface area contributed by atoms with E-state index in [1.807, 2.05) is 0 Å². The van der Waals surface area contributed by atoms with E-state index in [2.05, 4.69) is 19.9 Å². The Balaban J connectivity index is 1.28. The van der Waals surface area contributed by atoms with Crippen LogP contribution in [0, 0.1) is 0 Å². The number of fused-ring (bicyclic) bond motifs is 2. The van der Waals surface area contributed by atoms with E-state index in [4.69, 9.17) is 17.7 Å². The highest BCUT2D eigenvalue weighted by molar-refractivity contribution is 6.47. The van der Waals surface area contributed by atoms with E-state index < -0.39 is 34.3 Å². The predicted octanol–water partition coefficient (Wildman–Crippen LogP) is 3.07. The van der Waals surface area contributed by atoms with E-state index >= 15 is 0 Å². The highest BCUT2D eigenvalue weighted by Crippen LogP contribution is 2.22. The third kappa shape index (κ3) is 3.49. The van der Waals surface area contributed by atoms with Crippen LogP contribution < -0.4 is 11.3 Å². The van der Waals surface area contributed by atoms with Crippen LogP contribution in [0.1, 0.15) is 21.1 Å². The molecule has 0 aliphatic carbocycles. The van der Waals surface area contributed by atoms with Crippen molar-refractivity contribution in [3.05, 3.63) is 93.3 Å². The molecule has 2 aromatic carbocycles. The number of benzene rings is 2. The number of hydrogen-bond donors (Lipinski definition) is 0. The summed E-state index contributed by atoms with van der Waals surface area (Å²) in [5.41, 5.74) is -0.648. The maximum Gasteiger partial charge on any atom is 0.347 e. The fourth-order valence-corrected chi connectivity index (χ4v) is 3.40.